The van der Waals surface area contributed by atoms with Gasteiger partial charge in [-0.15, -0.1) is 11.3 Å². The molecule has 0 aliphatic carbocycles. The number of ether oxygens (including phenoxy) is 1. The van der Waals surface area contributed by atoms with Crippen molar-refractivity contribution in [3.8, 4) is 5.75 Å². The first-order valence-corrected chi connectivity index (χ1v) is 7.53. The molecule has 2 nitrogen and oxygen atoms in total. The Morgan fingerprint density at radius 3 is 2.95 bits per heavy atom. The van der Waals surface area contributed by atoms with Gasteiger partial charge in [-0.3, -0.25) is 0 Å². The first-order valence-electron chi connectivity index (χ1n) is 6.27. The van der Waals surface area contributed by atoms with Crippen molar-refractivity contribution < 1.29 is 9.84 Å². The predicted octanol–water partition coefficient (Wildman–Crippen LogP) is 4.12. The summed E-state index contributed by atoms with van der Waals surface area (Å²) in [5.74, 6) is 0.928. The SMILES string of the molecule is Cc1csc(C(O)c2ccc3c(c2)CC(C)O3)c1Cl. The van der Waals surface area contributed by atoms with E-state index in [1.54, 1.807) is 0 Å². The van der Waals surface area contributed by atoms with Gasteiger partial charge in [-0.1, -0.05) is 17.7 Å². The normalized spacial score (nSPS) is 19.1. The Hall–Kier alpha value is -1.03. The summed E-state index contributed by atoms with van der Waals surface area (Å²) in [7, 11) is 0. The van der Waals surface area contributed by atoms with Crippen LogP contribution in [-0.4, -0.2) is 11.2 Å². The summed E-state index contributed by atoms with van der Waals surface area (Å²) in [6, 6.07) is 5.87. The van der Waals surface area contributed by atoms with Crippen molar-refractivity contribution in [3.63, 3.8) is 0 Å². The summed E-state index contributed by atoms with van der Waals surface area (Å²) in [5.41, 5.74) is 3.05. The number of hydrogen-bond acceptors (Lipinski definition) is 3. The Kier molecular flexibility index (Phi) is 3.29. The van der Waals surface area contributed by atoms with E-state index in [2.05, 4.69) is 6.92 Å². The summed E-state index contributed by atoms with van der Waals surface area (Å²) in [5, 5.41) is 13.1. The lowest BCUT2D eigenvalue weighted by Gasteiger charge is -2.11. The van der Waals surface area contributed by atoms with Gasteiger partial charge in [0.05, 0.1) is 9.90 Å². The molecule has 1 aromatic heterocycles. The van der Waals surface area contributed by atoms with E-state index < -0.39 is 6.10 Å². The standard InChI is InChI=1S/C15H15ClO2S/c1-8-7-19-15(13(8)16)14(17)10-3-4-12-11(6-10)5-9(2)18-12/h3-4,6-7,9,14,17H,5H2,1-2H3. The first kappa shape index (κ1) is 13.0. The van der Waals surface area contributed by atoms with Gasteiger partial charge in [-0.2, -0.15) is 0 Å². The highest BCUT2D eigenvalue weighted by molar-refractivity contribution is 7.10. The number of benzene rings is 1. The molecule has 0 bridgehead atoms. The zero-order valence-electron chi connectivity index (χ0n) is 10.8. The van der Waals surface area contributed by atoms with Crippen molar-refractivity contribution in [3.05, 3.63) is 50.2 Å². The lowest BCUT2D eigenvalue weighted by atomic mass is 10.0. The fraction of sp³-hybridized carbons (Fsp3) is 0.333. The molecule has 2 unspecified atom stereocenters. The van der Waals surface area contributed by atoms with Crippen LogP contribution >= 0.6 is 22.9 Å². The Morgan fingerprint density at radius 1 is 1.47 bits per heavy atom. The van der Waals surface area contributed by atoms with Gasteiger partial charge in [-0.05, 0) is 48.1 Å². The van der Waals surface area contributed by atoms with Gasteiger partial charge in [0.25, 0.3) is 0 Å². The van der Waals surface area contributed by atoms with Crippen molar-refractivity contribution in [2.75, 3.05) is 0 Å². The largest absolute Gasteiger partial charge is 0.490 e. The molecular weight excluding hydrogens is 280 g/mol. The molecule has 4 heteroatoms. The summed E-state index contributed by atoms with van der Waals surface area (Å²) < 4.78 is 5.67. The van der Waals surface area contributed by atoms with Crippen molar-refractivity contribution in [1.82, 2.24) is 0 Å². The molecule has 1 aliphatic rings. The van der Waals surface area contributed by atoms with Gasteiger partial charge in [0, 0.05) is 6.42 Å². The van der Waals surface area contributed by atoms with Crippen LogP contribution in [0.25, 0.3) is 0 Å². The number of rotatable bonds is 2. The third-order valence-corrected chi connectivity index (χ3v) is 5.18. The third kappa shape index (κ3) is 2.27. The smallest absolute Gasteiger partial charge is 0.123 e. The van der Waals surface area contributed by atoms with Crippen molar-refractivity contribution in [1.29, 1.82) is 0 Å². The summed E-state index contributed by atoms with van der Waals surface area (Å²) >= 11 is 7.72. The molecular formula is C15H15ClO2S. The molecule has 0 radical (unpaired) electrons. The number of thiophene rings is 1. The Balaban J connectivity index is 1.95. The van der Waals surface area contributed by atoms with E-state index in [1.807, 2.05) is 30.5 Å². The molecule has 1 aromatic carbocycles. The van der Waals surface area contributed by atoms with Gasteiger partial charge in [0.2, 0.25) is 0 Å². The molecule has 0 spiro atoms. The van der Waals surface area contributed by atoms with E-state index in [1.165, 1.54) is 11.3 Å². The molecule has 0 saturated carbocycles. The number of aryl methyl sites for hydroxylation is 1. The van der Waals surface area contributed by atoms with Crippen LogP contribution in [0.2, 0.25) is 5.02 Å². The van der Waals surface area contributed by atoms with E-state index in [9.17, 15) is 5.11 Å². The summed E-state index contributed by atoms with van der Waals surface area (Å²) in [6.45, 7) is 4.00. The van der Waals surface area contributed by atoms with Crippen LogP contribution in [0, 0.1) is 6.92 Å². The summed E-state index contributed by atoms with van der Waals surface area (Å²) in [6.07, 6.45) is 0.454. The lowest BCUT2D eigenvalue weighted by molar-refractivity contribution is 0.224. The van der Waals surface area contributed by atoms with E-state index in [-0.39, 0.29) is 6.10 Å². The molecule has 3 rings (SSSR count). The third-order valence-electron chi connectivity index (χ3n) is 3.41. The zero-order chi connectivity index (χ0) is 13.6. The maximum absolute atomic E-state index is 10.5. The van der Waals surface area contributed by atoms with E-state index in [0.29, 0.717) is 5.02 Å². The molecule has 19 heavy (non-hydrogen) atoms. The maximum atomic E-state index is 10.5. The average Bonchev–Trinajstić information content (AvgIpc) is 2.91. The highest BCUT2D eigenvalue weighted by Crippen LogP contribution is 2.38. The van der Waals surface area contributed by atoms with Crippen LogP contribution in [0.3, 0.4) is 0 Å². The monoisotopic (exact) mass is 294 g/mol. The highest BCUT2D eigenvalue weighted by Gasteiger charge is 2.22. The second-order valence-corrected chi connectivity index (χ2v) is 6.29. The highest BCUT2D eigenvalue weighted by atomic mass is 35.5. The predicted molar refractivity (Wildman–Crippen MR) is 78.4 cm³/mol. The van der Waals surface area contributed by atoms with E-state index in [0.717, 1.165) is 33.7 Å². The zero-order valence-corrected chi connectivity index (χ0v) is 12.4. The average molecular weight is 295 g/mol. The maximum Gasteiger partial charge on any atom is 0.123 e. The Bertz CT molecular complexity index is 621. The van der Waals surface area contributed by atoms with Crippen LogP contribution in [0.5, 0.6) is 5.75 Å². The molecule has 2 aromatic rings. The molecule has 2 atom stereocenters. The van der Waals surface area contributed by atoms with Crippen LogP contribution in [0.15, 0.2) is 23.6 Å². The Labute approximate surface area is 121 Å². The minimum absolute atomic E-state index is 0.218. The van der Waals surface area contributed by atoms with Crippen molar-refractivity contribution in [2.24, 2.45) is 0 Å². The van der Waals surface area contributed by atoms with Crippen LogP contribution < -0.4 is 4.74 Å². The number of hydrogen-bond donors (Lipinski definition) is 1. The molecule has 0 amide bonds. The Morgan fingerprint density at radius 2 is 2.26 bits per heavy atom. The molecule has 1 N–H and O–H groups in total. The van der Waals surface area contributed by atoms with Gasteiger partial charge < -0.3 is 9.84 Å². The topological polar surface area (TPSA) is 29.5 Å². The fourth-order valence-corrected chi connectivity index (χ4v) is 3.70. The van der Waals surface area contributed by atoms with Gasteiger partial charge >= 0.3 is 0 Å². The molecule has 0 saturated heterocycles. The summed E-state index contributed by atoms with van der Waals surface area (Å²) in [4.78, 5) is 0.811. The number of halogens is 1. The molecule has 2 heterocycles. The van der Waals surface area contributed by atoms with Crippen LogP contribution in [-0.2, 0) is 6.42 Å². The van der Waals surface area contributed by atoms with E-state index in [4.69, 9.17) is 16.3 Å². The van der Waals surface area contributed by atoms with Crippen molar-refractivity contribution >= 4 is 22.9 Å². The number of aliphatic hydroxyl groups excluding tert-OH is 1. The molecule has 1 aliphatic heterocycles. The van der Waals surface area contributed by atoms with Gasteiger partial charge in [0.1, 0.15) is 18.0 Å². The van der Waals surface area contributed by atoms with Gasteiger partial charge in [0.15, 0.2) is 0 Å². The minimum atomic E-state index is -0.660. The fourth-order valence-electron chi connectivity index (χ4n) is 2.40. The second kappa shape index (κ2) is 4.82. The minimum Gasteiger partial charge on any atom is -0.490 e. The second-order valence-electron chi connectivity index (χ2n) is 5.00. The quantitative estimate of drug-likeness (QED) is 0.903. The lowest BCUT2D eigenvalue weighted by Crippen LogP contribution is -2.05. The molecule has 100 valence electrons. The van der Waals surface area contributed by atoms with Crippen LogP contribution in [0.1, 0.15) is 34.6 Å². The molecule has 0 fully saturated rings. The van der Waals surface area contributed by atoms with Crippen molar-refractivity contribution in [2.45, 2.75) is 32.5 Å². The van der Waals surface area contributed by atoms with Gasteiger partial charge in [-0.25, -0.2) is 0 Å². The van der Waals surface area contributed by atoms with Crippen LogP contribution in [0.4, 0.5) is 0 Å². The first-order chi connectivity index (χ1) is 9.06. The van der Waals surface area contributed by atoms with E-state index >= 15 is 0 Å². The number of fused-ring (bicyclic) bond motifs is 1. The number of aliphatic hydroxyl groups is 1.